The third kappa shape index (κ3) is 10.6. The van der Waals surface area contributed by atoms with Crippen LogP contribution in [-0.2, 0) is 14.5 Å². The monoisotopic (exact) mass is 808 g/mol. The molecule has 6 unspecified atom stereocenters. The third-order valence-electron chi connectivity index (χ3n) is 7.30. The average Bonchev–Trinajstić information content (AvgIpc) is 3.31. The first kappa shape index (κ1) is 30.9. The van der Waals surface area contributed by atoms with E-state index in [4.69, 9.17) is 0 Å². The summed E-state index contributed by atoms with van der Waals surface area (Å²) in [6.45, 7) is 4.40. The molecule has 0 radical (unpaired) electrons. The number of ketones is 2. The molecule has 4 aliphatic carbocycles. The standard InChI is InChI=1S/C12H20O.C12H18O.CH4.3HI.V.H2/c2*1-2-3-4-10-7-9-5-6-11(8-9)12(10)13;;;;;;/h9-11H,2-8H2,1H3;5-6,9-11H,2-4,7-8H2,1H3;1H4;3*1H;;1H/q;;;;;;+3;/p-3. The van der Waals surface area contributed by atoms with Crippen molar-refractivity contribution < 1.29 is 15.9 Å². The average molecular weight is 808 g/mol. The van der Waals surface area contributed by atoms with Crippen molar-refractivity contribution in [2.24, 2.45) is 35.5 Å². The molecule has 6 atom stereocenters. The van der Waals surface area contributed by atoms with Crippen LogP contribution in [0.3, 0.4) is 0 Å². The van der Waals surface area contributed by atoms with Crippen LogP contribution in [0, 0.1) is 35.5 Å². The molecule has 3 fully saturated rings. The summed E-state index contributed by atoms with van der Waals surface area (Å²) in [6.07, 6.45) is 18.8. The number of allylic oxidation sites excluding steroid dienone is 2. The predicted octanol–water partition coefficient (Wildman–Crippen LogP) is 9.68. The summed E-state index contributed by atoms with van der Waals surface area (Å²) in [6, 6.07) is 0. The normalized spacial score (nSPS) is 32.7. The number of hydrogen-bond acceptors (Lipinski definition) is 2. The van der Waals surface area contributed by atoms with Gasteiger partial charge in [-0.25, -0.2) is 0 Å². The summed E-state index contributed by atoms with van der Waals surface area (Å²) in [5.41, 5.74) is 0. The molecule has 0 aliphatic heterocycles. The molecule has 0 spiro atoms. The minimum absolute atomic E-state index is 0. The molecule has 0 heterocycles. The molecule has 2 nitrogen and oxygen atoms in total. The molecule has 0 N–H and O–H groups in total. The van der Waals surface area contributed by atoms with Crippen LogP contribution in [0.1, 0.15) is 99.8 Å². The van der Waals surface area contributed by atoms with Gasteiger partial charge in [0.05, 0.1) is 0 Å². The first-order chi connectivity index (χ1) is 14.3. The molecule has 4 rings (SSSR count). The van der Waals surface area contributed by atoms with Gasteiger partial charge in [-0.3, -0.25) is 9.59 Å². The molecule has 3 saturated carbocycles. The van der Waals surface area contributed by atoms with Crippen molar-refractivity contribution in [1.82, 2.24) is 0 Å². The number of hydrogen-bond donors (Lipinski definition) is 0. The van der Waals surface area contributed by atoms with Crippen molar-refractivity contribution in [3.8, 4) is 0 Å². The van der Waals surface area contributed by atoms with E-state index in [0.717, 1.165) is 31.1 Å². The fraction of sp³-hybridized carbons (Fsp3) is 0.840. The van der Waals surface area contributed by atoms with Gasteiger partial charge in [0.25, 0.3) is 0 Å². The summed E-state index contributed by atoms with van der Waals surface area (Å²) in [7, 11) is 0. The van der Waals surface area contributed by atoms with Gasteiger partial charge in [0.1, 0.15) is 11.6 Å². The Morgan fingerprint density at radius 2 is 1.45 bits per heavy atom. The zero-order chi connectivity index (χ0) is 22.1. The van der Waals surface area contributed by atoms with Crippen LogP contribution < -0.4 is 0 Å². The molecule has 0 amide bonds. The van der Waals surface area contributed by atoms with Gasteiger partial charge in [0.15, 0.2) is 0 Å². The Labute approximate surface area is 230 Å². The molecule has 0 aromatic rings. The van der Waals surface area contributed by atoms with Crippen LogP contribution in [-0.4, -0.2) is 11.6 Å². The van der Waals surface area contributed by atoms with E-state index in [1.54, 1.807) is 0 Å². The summed E-state index contributed by atoms with van der Waals surface area (Å²) < 4.78 is 0. The van der Waals surface area contributed by atoms with Crippen molar-refractivity contribution >= 4 is 71.5 Å². The third-order valence-corrected chi connectivity index (χ3v) is 7.30. The van der Waals surface area contributed by atoms with E-state index in [1.807, 2.05) is 0 Å². The molecule has 182 valence electrons. The van der Waals surface area contributed by atoms with E-state index in [-0.39, 0.29) is 13.8 Å². The van der Waals surface area contributed by atoms with Crippen LogP contribution in [0.4, 0.5) is 0 Å². The SMILES string of the molecule is C.CCCCC1CC2C=CC(C2)C1=O.CCCCC1CC2CCC(C2)C1=O.[HH].[I][V]([I])[I]. The number of halogens is 3. The van der Waals surface area contributed by atoms with E-state index in [2.05, 4.69) is 85.9 Å². The van der Waals surface area contributed by atoms with Crippen LogP contribution in [0.5, 0.6) is 0 Å². The first-order valence-electron chi connectivity index (χ1n) is 11.9. The van der Waals surface area contributed by atoms with Gasteiger partial charge in [-0.05, 0) is 63.2 Å². The van der Waals surface area contributed by atoms with Gasteiger partial charge in [0.2, 0.25) is 0 Å². The van der Waals surface area contributed by atoms with Crippen molar-refractivity contribution in [1.29, 1.82) is 0 Å². The quantitative estimate of drug-likeness (QED) is 0.198. The number of carbonyl (C=O) groups is 2. The number of fused-ring (bicyclic) bond motifs is 4. The van der Waals surface area contributed by atoms with Gasteiger partial charge in [-0.1, -0.05) is 59.1 Å². The van der Waals surface area contributed by atoms with Crippen LogP contribution in [0.25, 0.3) is 0 Å². The maximum atomic E-state index is 11.9. The Morgan fingerprint density at radius 1 is 0.871 bits per heavy atom. The van der Waals surface area contributed by atoms with Gasteiger partial charge in [-0.15, -0.1) is 0 Å². The molecule has 0 saturated heterocycles. The number of Topliss-reactive ketones (excluding diaryl/α,β-unsaturated/α-hetero) is 2. The topological polar surface area (TPSA) is 34.1 Å². The molecule has 31 heavy (non-hydrogen) atoms. The van der Waals surface area contributed by atoms with Crippen molar-refractivity contribution in [2.75, 3.05) is 0 Å². The number of rotatable bonds is 6. The Kier molecular flexibility index (Phi) is 16.5. The van der Waals surface area contributed by atoms with Crippen molar-refractivity contribution in [2.45, 2.75) is 98.3 Å². The number of unbranched alkanes of at least 4 members (excludes halogenated alkanes) is 2. The van der Waals surface area contributed by atoms with Crippen LogP contribution in [0.2, 0.25) is 0 Å². The summed E-state index contributed by atoms with van der Waals surface area (Å²) in [5, 5.41) is 0. The zero-order valence-corrected chi connectivity index (χ0v) is 26.4. The molecular formula is C25H44I3O2V. The summed E-state index contributed by atoms with van der Waals surface area (Å²) in [4.78, 5) is 23.4. The van der Waals surface area contributed by atoms with Gasteiger partial charge >= 0.3 is 64.9 Å². The first-order valence-corrected chi connectivity index (χ1v) is 25.4. The van der Waals surface area contributed by atoms with Gasteiger partial charge in [-0.2, -0.15) is 0 Å². The molecular weight excluding hydrogens is 764 g/mol. The number of carbonyl (C=O) groups excluding carboxylic acids is 2. The summed E-state index contributed by atoms with van der Waals surface area (Å²) >= 11 is 7.39. The Morgan fingerprint density at radius 3 is 2.03 bits per heavy atom. The fourth-order valence-electron chi connectivity index (χ4n) is 5.77. The second-order valence-corrected chi connectivity index (χ2v) is 44.9. The molecule has 4 bridgehead atoms. The van der Waals surface area contributed by atoms with Crippen molar-refractivity contribution in [3.05, 3.63) is 12.2 Å². The van der Waals surface area contributed by atoms with E-state index in [0.29, 0.717) is 35.2 Å². The Balaban J connectivity index is 0.000000490. The van der Waals surface area contributed by atoms with Crippen LogP contribution >= 0.6 is 59.9 Å². The molecule has 0 aromatic carbocycles. The molecule has 0 aromatic heterocycles. The molecule has 4 aliphatic rings. The van der Waals surface area contributed by atoms with Crippen LogP contribution in [0.15, 0.2) is 12.2 Å². The summed E-state index contributed by atoms with van der Waals surface area (Å²) in [5.74, 6) is 4.38. The fourth-order valence-corrected chi connectivity index (χ4v) is 5.77. The predicted molar refractivity (Wildman–Crippen MR) is 158 cm³/mol. The van der Waals surface area contributed by atoms with E-state index >= 15 is 0 Å². The second kappa shape index (κ2) is 16.5. The van der Waals surface area contributed by atoms with Crippen molar-refractivity contribution in [3.63, 3.8) is 0 Å². The second-order valence-electron chi connectivity index (χ2n) is 9.51. The van der Waals surface area contributed by atoms with Gasteiger partial charge < -0.3 is 0 Å². The molecule has 6 heteroatoms. The van der Waals surface area contributed by atoms with E-state index in [9.17, 15) is 9.59 Å². The minimum atomic E-state index is -0.278. The van der Waals surface area contributed by atoms with Gasteiger partial charge in [0, 0.05) is 25.1 Å². The Bertz CT molecular complexity index is 579. The zero-order valence-electron chi connectivity index (χ0n) is 18.5. The Hall–Kier alpha value is 1.85. The maximum absolute atomic E-state index is 11.9. The van der Waals surface area contributed by atoms with E-state index in [1.165, 1.54) is 57.8 Å². The van der Waals surface area contributed by atoms with E-state index < -0.39 is 0 Å².